The molecule has 0 fully saturated rings. The number of carbonyl (C=O) groups is 1. The van der Waals surface area contributed by atoms with Crippen molar-refractivity contribution in [3.8, 4) is 0 Å². The Morgan fingerprint density at radius 2 is 2.25 bits per heavy atom. The maximum Gasteiger partial charge on any atom is 0.335 e. The zero-order valence-electron chi connectivity index (χ0n) is 10.6. The summed E-state index contributed by atoms with van der Waals surface area (Å²) in [4.78, 5) is 26.9. The first kappa shape index (κ1) is 14.3. The van der Waals surface area contributed by atoms with Gasteiger partial charge in [0.15, 0.2) is 5.82 Å². The second kappa shape index (κ2) is 5.87. The molecule has 0 atom stereocenters. The molecule has 7 heteroatoms. The summed E-state index contributed by atoms with van der Waals surface area (Å²) in [6.45, 7) is 2.41. The van der Waals surface area contributed by atoms with Gasteiger partial charge in [-0.1, -0.05) is 0 Å². The largest absolute Gasteiger partial charge is 0.478 e. The summed E-state index contributed by atoms with van der Waals surface area (Å²) in [6, 6.07) is 4.50. The number of hydrogen-bond donors (Lipinski definition) is 2. The third kappa shape index (κ3) is 2.88. The van der Waals surface area contributed by atoms with E-state index in [2.05, 4.69) is 26.2 Å². The van der Waals surface area contributed by atoms with Crippen LogP contribution in [0, 0.1) is 0 Å². The zero-order valence-corrected chi connectivity index (χ0v) is 12.2. The molecular formula is C13H12BrN3O3. The topological polar surface area (TPSA) is 84.2 Å². The first-order valence-corrected chi connectivity index (χ1v) is 6.67. The molecule has 0 saturated heterocycles. The molecular weight excluding hydrogens is 326 g/mol. The van der Waals surface area contributed by atoms with Gasteiger partial charge in [0.25, 0.3) is 5.56 Å². The maximum atomic E-state index is 12.0. The van der Waals surface area contributed by atoms with Crippen LogP contribution in [-0.2, 0) is 6.54 Å². The van der Waals surface area contributed by atoms with Gasteiger partial charge in [-0.25, -0.2) is 9.78 Å². The van der Waals surface area contributed by atoms with Crippen molar-refractivity contribution >= 4 is 33.4 Å². The van der Waals surface area contributed by atoms with Gasteiger partial charge < -0.3 is 15.0 Å². The number of carboxylic acid groups (broad SMARTS) is 1. The van der Waals surface area contributed by atoms with E-state index in [0.717, 1.165) is 0 Å². The Hall–Kier alpha value is -2.15. The summed E-state index contributed by atoms with van der Waals surface area (Å²) in [7, 11) is 0. The summed E-state index contributed by atoms with van der Waals surface area (Å²) in [5.74, 6) is -0.818. The number of benzene rings is 1. The molecule has 2 N–H and O–H groups in total. The highest BCUT2D eigenvalue weighted by Crippen LogP contribution is 2.25. The number of carboxylic acids is 1. The van der Waals surface area contributed by atoms with Crippen molar-refractivity contribution in [3.05, 3.63) is 51.0 Å². The minimum atomic E-state index is -1.01. The fraction of sp³-hybridized carbons (Fsp3) is 0.154. The fourth-order valence-electron chi connectivity index (χ4n) is 1.66. The Balaban J connectivity index is 2.36. The molecule has 0 unspecified atom stereocenters. The lowest BCUT2D eigenvalue weighted by molar-refractivity contribution is 0.0697. The lowest BCUT2D eigenvalue weighted by atomic mass is 10.2. The van der Waals surface area contributed by atoms with Gasteiger partial charge in [0.05, 0.1) is 11.3 Å². The molecule has 1 aromatic carbocycles. The van der Waals surface area contributed by atoms with Crippen molar-refractivity contribution < 1.29 is 9.90 Å². The number of halogens is 1. The molecule has 0 saturated carbocycles. The molecule has 1 heterocycles. The zero-order chi connectivity index (χ0) is 14.7. The van der Waals surface area contributed by atoms with E-state index in [0.29, 0.717) is 16.7 Å². The Bertz CT molecular complexity index is 712. The quantitative estimate of drug-likeness (QED) is 0.895. The number of rotatable bonds is 4. The molecule has 0 aliphatic rings. The van der Waals surface area contributed by atoms with Crippen LogP contribution in [0.3, 0.4) is 0 Å². The van der Waals surface area contributed by atoms with Gasteiger partial charge in [-0.15, -0.1) is 0 Å². The average Bonchev–Trinajstić information content (AvgIpc) is 2.43. The highest BCUT2D eigenvalue weighted by Gasteiger charge is 2.09. The number of anilines is 2. The van der Waals surface area contributed by atoms with Gasteiger partial charge in [-0.3, -0.25) is 4.79 Å². The number of aryl methyl sites for hydroxylation is 1. The van der Waals surface area contributed by atoms with Crippen LogP contribution in [0.5, 0.6) is 0 Å². The van der Waals surface area contributed by atoms with Crippen molar-refractivity contribution in [1.82, 2.24) is 9.55 Å². The molecule has 0 amide bonds. The average molecular weight is 338 g/mol. The molecule has 2 aromatic rings. The Labute approximate surface area is 123 Å². The summed E-state index contributed by atoms with van der Waals surface area (Å²) >= 11 is 3.27. The van der Waals surface area contributed by atoms with Gasteiger partial charge in [-0.2, -0.15) is 0 Å². The van der Waals surface area contributed by atoms with Crippen LogP contribution in [0.15, 0.2) is 39.9 Å². The SMILES string of the molecule is CCn1ccnc(Nc2ccc(C(=O)O)cc2Br)c1=O. The number of aromatic carboxylic acids is 1. The summed E-state index contributed by atoms with van der Waals surface area (Å²) in [5, 5.41) is 11.8. The number of nitrogens with zero attached hydrogens (tertiary/aromatic N) is 2. The van der Waals surface area contributed by atoms with Crippen LogP contribution in [0.4, 0.5) is 11.5 Å². The lowest BCUT2D eigenvalue weighted by Gasteiger charge is -2.09. The summed E-state index contributed by atoms with van der Waals surface area (Å²) in [5.41, 5.74) is 0.507. The van der Waals surface area contributed by atoms with E-state index in [1.807, 2.05) is 6.92 Å². The third-order valence-corrected chi connectivity index (χ3v) is 3.38. The van der Waals surface area contributed by atoms with Gasteiger partial charge in [0, 0.05) is 23.4 Å². The van der Waals surface area contributed by atoms with Crippen LogP contribution in [0.2, 0.25) is 0 Å². The van der Waals surface area contributed by atoms with Crippen LogP contribution < -0.4 is 10.9 Å². The Kier molecular flexibility index (Phi) is 4.19. The molecule has 0 radical (unpaired) electrons. The standard InChI is InChI=1S/C13H12BrN3O3/c1-2-17-6-5-15-11(12(17)18)16-10-4-3-8(13(19)20)7-9(10)14/h3-7H,2H2,1H3,(H,15,16)(H,19,20). The van der Waals surface area contributed by atoms with Crippen LogP contribution >= 0.6 is 15.9 Å². The molecule has 0 bridgehead atoms. The lowest BCUT2D eigenvalue weighted by Crippen LogP contribution is -2.22. The van der Waals surface area contributed by atoms with E-state index in [-0.39, 0.29) is 16.9 Å². The van der Waals surface area contributed by atoms with Gasteiger partial charge >= 0.3 is 5.97 Å². The first-order valence-electron chi connectivity index (χ1n) is 5.88. The van der Waals surface area contributed by atoms with Gasteiger partial charge in [0.1, 0.15) is 0 Å². The molecule has 20 heavy (non-hydrogen) atoms. The molecule has 6 nitrogen and oxygen atoms in total. The fourth-order valence-corrected chi connectivity index (χ4v) is 2.14. The van der Waals surface area contributed by atoms with E-state index in [1.54, 1.807) is 12.3 Å². The van der Waals surface area contributed by atoms with Gasteiger partial charge in [0.2, 0.25) is 0 Å². The molecule has 104 valence electrons. The number of aromatic nitrogens is 2. The van der Waals surface area contributed by atoms with Crippen molar-refractivity contribution in [3.63, 3.8) is 0 Å². The van der Waals surface area contributed by atoms with Crippen LogP contribution in [0.25, 0.3) is 0 Å². The number of nitrogens with one attached hydrogen (secondary N) is 1. The minimum Gasteiger partial charge on any atom is -0.478 e. The molecule has 0 spiro atoms. The van der Waals surface area contributed by atoms with Gasteiger partial charge in [-0.05, 0) is 41.1 Å². The van der Waals surface area contributed by atoms with E-state index in [1.165, 1.54) is 22.9 Å². The highest BCUT2D eigenvalue weighted by molar-refractivity contribution is 9.10. The predicted molar refractivity (Wildman–Crippen MR) is 78.6 cm³/mol. The van der Waals surface area contributed by atoms with Crippen molar-refractivity contribution in [1.29, 1.82) is 0 Å². The second-order valence-electron chi connectivity index (χ2n) is 3.99. The van der Waals surface area contributed by atoms with E-state index in [4.69, 9.17) is 5.11 Å². The van der Waals surface area contributed by atoms with E-state index >= 15 is 0 Å². The smallest absolute Gasteiger partial charge is 0.335 e. The van der Waals surface area contributed by atoms with Crippen molar-refractivity contribution in [2.45, 2.75) is 13.5 Å². The molecule has 0 aliphatic heterocycles. The van der Waals surface area contributed by atoms with Crippen molar-refractivity contribution in [2.24, 2.45) is 0 Å². The van der Waals surface area contributed by atoms with Crippen molar-refractivity contribution in [2.75, 3.05) is 5.32 Å². The van der Waals surface area contributed by atoms with E-state index in [9.17, 15) is 9.59 Å². The van der Waals surface area contributed by atoms with E-state index < -0.39 is 5.97 Å². The third-order valence-electron chi connectivity index (χ3n) is 2.72. The summed E-state index contributed by atoms with van der Waals surface area (Å²) < 4.78 is 2.07. The first-order chi connectivity index (χ1) is 9.52. The maximum absolute atomic E-state index is 12.0. The minimum absolute atomic E-state index is 0.161. The highest BCUT2D eigenvalue weighted by atomic mass is 79.9. The second-order valence-corrected chi connectivity index (χ2v) is 4.85. The summed E-state index contributed by atoms with van der Waals surface area (Å²) in [6.07, 6.45) is 3.14. The van der Waals surface area contributed by atoms with Crippen LogP contribution in [0.1, 0.15) is 17.3 Å². The molecule has 1 aromatic heterocycles. The Morgan fingerprint density at radius 1 is 1.50 bits per heavy atom. The van der Waals surface area contributed by atoms with Crippen LogP contribution in [-0.4, -0.2) is 20.6 Å². The predicted octanol–water partition coefficient (Wildman–Crippen LogP) is 2.47. The molecule has 2 rings (SSSR count). The number of hydrogen-bond acceptors (Lipinski definition) is 4. The normalized spacial score (nSPS) is 10.3. The molecule has 0 aliphatic carbocycles. The Morgan fingerprint density at radius 3 is 2.85 bits per heavy atom. The monoisotopic (exact) mass is 337 g/mol.